The number of halogens is 2. The van der Waals surface area contributed by atoms with Crippen molar-refractivity contribution < 1.29 is 18.6 Å². The van der Waals surface area contributed by atoms with Crippen LogP contribution in [0.4, 0.5) is 8.78 Å². The molecule has 1 N–H and O–H groups in total. The van der Waals surface area contributed by atoms with Crippen molar-refractivity contribution in [2.75, 3.05) is 6.61 Å². The van der Waals surface area contributed by atoms with E-state index in [1.54, 1.807) is 6.07 Å². The molecule has 27 heavy (non-hydrogen) atoms. The fourth-order valence-corrected chi connectivity index (χ4v) is 3.15. The summed E-state index contributed by atoms with van der Waals surface area (Å²) >= 11 is 0. The number of ether oxygens (including phenoxy) is 1. The van der Waals surface area contributed by atoms with Crippen molar-refractivity contribution in [1.82, 2.24) is 4.98 Å². The van der Waals surface area contributed by atoms with Gasteiger partial charge >= 0.3 is 0 Å². The van der Waals surface area contributed by atoms with E-state index < -0.39 is 11.6 Å². The van der Waals surface area contributed by atoms with E-state index in [2.05, 4.69) is 11.1 Å². The lowest BCUT2D eigenvalue weighted by Crippen LogP contribution is -2.08. The third kappa shape index (κ3) is 4.69. The summed E-state index contributed by atoms with van der Waals surface area (Å²) in [5.41, 5.74) is 2.11. The molecular formula is C21H20F2N2O2. The Morgan fingerprint density at radius 2 is 2.07 bits per heavy atom. The zero-order valence-corrected chi connectivity index (χ0v) is 14.8. The van der Waals surface area contributed by atoms with Crippen LogP contribution in [-0.4, -0.2) is 16.7 Å². The van der Waals surface area contributed by atoms with Crippen LogP contribution in [-0.2, 0) is 6.61 Å². The first-order chi connectivity index (χ1) is 13.1. The average molecular weight is 370 g/mol. The van der Waals surface area contributed by atoms with E-state index in [1.165, 1.54) is 18.2 Å². The summed E-state index contributed by atoms with van der Waals surface area (Å²) in [6.45, 7) is 0.00900. The minimum Gasteiger partial charge on any atom is -0.471 e. The van der Waals surface area contributed by atoms with Crippen LogP contribution in [0.3, 0.4) is 0 Å². The Morgan fingerprint density at radius 3 is 2.74 bits per heavy atom. The SMILES string of the molecule is N#Cc1ccc(COc2nc(C3=CCC(CCO)CC3)ccc2F)c(F)c1. The van der Waals surface area contributed by atoms with Gasteiger partial charge in [-0.1, -0.05) is 12.1 Å². The standard InChI is InChI=1S/C21H20F2N2O2/c22-18-7-8-20(16-4-1-14(2-5-16)9-10-26)25-21(18)27-13-17-6-3-15(12-24)11-19(17)23/h3-4,6-8,11,14,26H,1-2,5,9-10,13H2. The monoisotopic (exact) mass is 370 g/mol. The topological polar surface area (TPSA) is 66.1 Å². The number of aliphatic hydroxyl groups excluding tert-OH is 1. The molecule has 1 aliphatic carbocycles. The van der Waals surface area contributed by atoms with Gasteiger partial charge in [0.25, 0.3) is 5.88 Å². The van der Waals surface area contributed by atoms with Crippen LogP contribution in [0, 0.1) is 28.9 Å². The average Bonchev–Trinajstić information content (AvgIpc) is 2.69. The fourth-order valence-electron chi connectivity index (χ4n) is 3.15. The van der Waals surface area contributed by atoms with Gasteiger partial charge in [0.15, 0.2) is 5.82 Å². The molecular weight excluding hydrogens is 350 g/mol. The molecule has 0 radical (unpaired) electrons. The molecule has 0 fully saturated rings. The fraction of sp³-hybridized carbons (Fsp3) is 0.333. The van der Waals surface area contributed by atoms with E-state index in [0.717, 1.165) is 37.3 Å². The second kappa shape index (κ2) is 8.74. The summed E-state index contributed by atoms with van der Waals surface area (Å²) in [6.07, 6.45) is 5.49. The highest BCUT2D eigenvalue weighted by Crippen LogP contribution is 2.32. The van der Waals surface area contributed by atoms with Crippen LogP contribution in [0.5, 0.6) is 5.88 Å². The van der Waals surface area contributed by atoms with Gasteiger partial charge in [0.05, 0.1) is 17.3 Å². The van der Waals surface area contributed by atoms with Crippen molar-refractivity contribution in [1.29, 1.82) is 5.26 Å². The second-order valence-electron chi connectivity index (χ2n) is 6.57. The van der Waals surface area contributed by atoms with Gasteiger partial charge in [-0.3, -0.25) is 0 Å². The summed E-state index contributed by atoms with van der Waals surface area (Å²) in [5.74, 6) is -0.887. The van der Waals surface area contributed by atoms with E-state index in [0.29, 0.717) is 11.6 Å². The first-order valence-corrected chi connectivity index (χ1v) is 8.89. The van der Waals surface area contributed by atoms with Crippen LogP contribution >= 0.6 is 0 Å². The highest BCUT2D eigenvalue weighted by molar-refractivity contribution is 5.63. The maximum absolute atomic E-state index is 14.0. The van der Waals surface area contributed by atoms with Gasteiger partial charge in [-0.05, 0) is 61.4 Å². The zero-order valence-electron chi connectivity index (χ0n) is 14.8. The molecule has 0 saturated carbocycles. The molecule has 1 unspecified atom stereocenters. The number of allylic oxidation sites excluding steroid dienone is 2. The molecule has 6 heteroatoms. The number of rotatable bonds is 6. The Balaban J connectivity index is 1.72. The molecule has 0 bridgehead atoms. The number of pyridine rings is 1. The van der Waals surface area contributed by atoms with Crippen molar-refractivity contribution in [3.05, 3.63) is 64.9 Å². The smallest absolute Gasteiger partial charge is 0.251 e. The lowest BCUT2D eigenvalue weighted by Gasteiger charge is -2.21. The largest absolute Gasteiger partial charge is 0.471 e. The van der Waals surface area contributed by atoms with Gasteiger partial charge in [-0.2, -0.15) is 5.26 Å². The molecule has 2 aromatic rings. The number of hydrogen-bond acceptors (Lipinski definition) is 4. The highest BCUT2D eigenvalue weighted by atomic mass is 19.1. The Kier molecular flexibility index (Phi) is 6.15. The number of hydrogen-bond donors (Lipinski definition) is 1. The number of nitrogens with zero attached hydrogens (tertiary/aromatic N) is 2. The lowest BCUT2D eigenvalue weighted by molar-refractivity contribution is 0.251. The van der Waals surface area contributed by atoms with Crippen molar-refractivity contribution in [2.24, 2.45) is 5.92 Å². The molecule has 1 aromatic carbocycles. The van der Waals surface area contributed by atoms with Gasteiger partial charge in [-0.15, -0.1) is 0 Å². The minimum atomic E-state index is -0.609. The van der Waals surface area contributed by atoms with Crippen LogP contribution in [0.15, 0.2) is 36.4 Å². The third-order valence-corrected chi connectivity index (χ3v) is 4.75. The first kappa shape index (κ1) is 19.0. The van der Waals surface area contributed by atoms with Gasteiger partial charge in [0.2, 0.25) is 0 Å². The summed E-state index contributed by atoms with van der Waals surface area (Å²) in [5, 5.41) is 17.8. The molecule has 0 amide bonds. The van der Waals surface area contributed by atoms with E-state index >= 15 is 0 Å². The number of benzene rings is 1. The third-order valence-electron chi connectivity index (χ3n) is 4.75. The summed E-state index contributed by atoms with van der Waals surface area (Å²) in [4.78, 5) is 4.26. The summed E-state index contributed by atoms with van der Waals surface area (Å²) in [6, 6.07) is 8.82. The van der Waals surface area contributed by atoms with Gasteiger partial charge < -0.3 is 9.84 Å². The van der Waals surface area contributed by atoms with E-state index in [4.69, 9.17) is 15.1 Å². The second-order valence-corrected chi connectivity index (χ2v) is 6.57. The quantitative estimate of drug-likeness (QED) is 0.820. The molecule has 3 rings (SSSR count). The van der Waals surface area contributed by atoms with Gasteiger partial charge in [0, 0.05) is 12.2 Å². The summed E-state index contributed by atoms with van der Waals surface area (Å²) < 4.78 is 33.4. The number of aliphatic hydroxyl groups is 1. The van der Waals surface area contributed by atoms with Gasteiger partial charge in [0.1, 0.15) is 12.4 Å². The maximum atomic E-state index is 14.0. The minimum absolute atomic E-state index is 0.172. The van der Waals surface area contributed by atoms with Crippen molar-refractivity contribution in [3.8, 4) is 11.9 Å². The lowest BCUT2D eigenvalue weighted by atomic mass is 9.86. The van der Waals surface area contributed by atoms with Crippen LogP contribution in [0.1, 0.15) is 42.5 Å². The Labute approximate surface area is 156 Å². The normalized spacial score (nSPS) is 16.5. The predicted octanol–water partition coefficient (Wildman–Crippen LogP) is 4.38. The van der Waals surface area contributed by atoms with Crippen LogP contribution < -0.4 is 4.74 Å². The Bertz CT molecular complexity index is 890. The molecule has 1 heterocycles. The van der Waals surface area contributed by atoms with Crippen molar-refractivity contribution >= 4 is 5.57 Å². The molecule has 4 nitrogen and oxygen atoms in total. The molecule has 1 atom stereocenters. The molecule has 0 saturated heterocycles. The Morgan fingerprint density at radius 1 is 1.22 bits per heavy atom. The van der Waals surface area contributed by atoms with Crippen LogP contribution in [0.2, 0.25) is 0 Å². The predicted molar refractivity (Wildman–Crippen MR) is 96.7 cm³/mol. The maximum Gasteiger partial charge on any atom is 0.251 e. The Hall–Kier alpha value is -2.78. The first-order valence-electron chi connectivity index (χ1n) is 8.89. The van der Waals surface area contributed by atoms with E-state index in [-0.39, 0.29) is 30.2 Å². The van der Waals surface area contributed by atoms with Crippen LogP contribution in [0.25, 0.3) is 5.57 Å². The van der Waals surface area contributed by atoms with E-state index in [1.807, 2.05) is 6.07 Å². The van der Waals surface area contributed by atoms with Crippen molar-refractivity contribution in [2.45, 2.75) is 32.3 Å². The van der Waals surface area contributed by atoms with Crippen molar-refractivity contribution in [3.63, 3.8) is 0 Å². The number of nitriles is 1. The highest BCUT2D eigenvalue weighted by Gasteiger charge is 2.17. The molecule has 1 aromatic heterocycles. The zero-order chi connectivity index (χ0) is 19.2. The summed E-state index contributed by atoms with van der Waals surface area (Å²) in [7, 11) is 0. The molecule has 0 aliphatic heterocycles. The molecule has 0 spiro atoms. The molecule has 1 aliphatic rings. The van der Waals surface area contributed by atoms with E-state index in [9.17, 15) is 8.78 Å². The molecule has 140 valence electrons. The van der Waals surface area contributed by atoms with Gasteiger partial charge in [-0.25, -0.2) is 13.8 Å². The number of aromatic nitrogens is 1.